The van der Waals surface area contributed by atoms with Gasteiger partial charge in [-0.2, -0.15) is 0 Å². The van der Waals surface area contributed by atoms with Crippen LogP contribution >= 0.6 is 11.3 Å². The van der Waals surface area contributed by atoms with Gasteiger partial charge in [-0.25, -0.2) is 4.98 Å². The van der Waals surface area contributed by atoms with Crippen LogP contribution in [0.3, 0.4) is 0 Å². The van der Waals surface area contributed by atoms with Crippen molar-refractivity contribution in [1.29, 1.82) is 0 Å². The Bertz CT molecular complexity index is 1370. The molecule has 4 aromatic rings. The van der Waals surface area contributed by atoms with Gasteiger partial charge in [0.25, 0.3) is 11.8 Å². The molecule has 0 fully saturated rings. The van der Waals surface area contributed by atoms with E-state index >= 15 is 0 Å². The number of aryl methyl sites for hydroxylation is 2. The Morgan fingerprint density at radius 1 is 1.09 bits per heavy atom. The lowest BCUT2D eigenvalue weighted by molar-refractivity contribution is -0.115. The number of amides is 3. The first-order chi connectivity index (χ1) is 15.4. The number of nitrogens with zero attached hydrogens (tertiary/aromatic N) is 3. The minimum absolute atomic E-state index is 0.0445. The fourth-order valence-electron chi connectivity index (χ4n) is 3.66. The highest BCUT2D eigenvalue weighted by Gasteiger charge is 2.35. The second-order valence-electron chi connectivity index (χ2n) is 7.66. The van der Waals surface area contributed by atoms with Crippen LogP contribution in [0, 0.1) is 13.8 Å². The molecule has 1 aliphatic heterocycles. The molecule has 5 rings (SSSR count). The predicted molar refractivity (Wildman–Crippen MR) is 119 cm³/mol. The fraction of sp³-hybridized carbons (Fsp3) is 0.174. The number of carbonyl (C=O) groups is 3. The zero-order chi connectivity index (χ0) is 22.4. The summed E-state index contributed by atoms with van der Waals surface area (Å²) in [6.45, 7) is 4.09. The lowest BCUT2D eigenvalue weighted by Gasteiger charge is -2.11. The Hall–Kier alpha value is -3.85. The molecule has 1 N–H and O–H groups in total. The van der Waals surface area contributed by atoms with Crippen LogP contribution in [0.25, 0.3) is 11.0 Å². The third-order valence-corrected chi connectivity index (χ3v) is 6.38. The van der Waals surface area contributed by atoms with Crippen molar-refractivity contribution < 1.29 is 18.9 Å². The minimum Gasteiger partial charge on any atom is -0.356 e. The molecule has 1 aliphatic rings. The number of imide groups is 1. The number of hydrogen-bond acceptors (Lipinski definition) is 7. The van der Waals surface area contributed by atoms with E-state index < -0.39 is 0 Å². The Kier molecular flexibility index (Phi) is 4.82. The largest absolute Gasteiger partial charge is 0.356 e. The van der Waals surface area contributed by atoms with Crippen LogP contribution < -0.4 is 5.32 Å². The van der Waals surface area contributed by atoms with Crippen molar-refractivity contribution in [1.82, 2.24) is 15.0 Å². The number of thiazole rings is 1. The summed E-state index contributed by atoms with van der Waals surface area (Å²) in [6, 6.07) is 10.6. The first kappa shape index (κ1) is 20.1. The van der Waals surface area contributed by atoms with Crippen LogP contribution in [0.5, 0.6) is 0 Å². The molecule has 0 atom stereocenters. The lowest BCUT2D eigenvalue weighted by Crippen LogP contribution is -2.28. The number of carbonyl (C=O) groups excluding carboxylic acids is 3. The number of benzene rings is 2. The molecule has 0 radical (unpaired) electrons. The van der Waals surface area contributed by atoms with E-state index in [-0.39, 0.29) is 30.7 Å². The van der Waals surface area contributed by atoms with E-state index in [4.69, 9.17) is 4.52 Å². The molecule has 3 amide bonds. The number of hydrogen-bond donors (Lipinski definition) is 1. The van der Waals surface area contributed by atoms with Crippen molar-refractivity contribution in [2.24, 2.45) is 0 Å². The molecule has 3 heterocycles. The van der Waals surface area contributed by atoms with Crippen LogP contribution in [-0.2, 0) is 17.8 Å². The highest BCUT2D eigenvalue weighted by Crippen LogP contribution is 2.27. The Morgan fingerprint density at radius 3 is 2.50 bits per heavy atom. The smallest absolute Gasteiger partial charge is 0.261 e. The van der Waals surface area contributed by atoms with E-state index in [0.29, 0.717) is 32.4 Å². The monoisotopic (exact) mass is 446 g/mol. The number of nitrogens with one attached hydrogen (secondary N) is 1. The number of aromatic nitrogens is 2. The highest BCUT2D eigenvalue weighted by atomic mass is 32.1. The number of fused-ring (bicyclic) bond motifs is 2. The van der Waals surface area contributed by atoms with E-state index in [1.807, 2.05) is 26.0 Å². The van der Waals surface area contributed by atoms with Gasteiger partial charge in [-0.3, -0.25) is 19.3 Å². The molecule has 0 aliphatic carbocycles. The van der Waals surface area contributed by atoms with Gasteiger partial charge in [-0.15, -0.1) is 0 Å². The summed E-state index contributed by atoms with van der Waals surface area (Å²) in [5.74, 6) is -0.930. The highest BCUT2D eigenvalue weighted by molar-refractivity contribution is 7.15. The average Bonchev–Trinajstić information content (AvgIpc) is 3.43. The van der Waals surface area contributed by atoms with Gasteiger partial charge in [0.15, 0.2) is 10.7 Å². The summed E-state index contributed by atoms with van der Waals surface area (Å²) in [5, 5.41) is 7.99. The van der Waals surface area contributed by atoms with Crippen molar-refractivity contribution in [2.75, 3.05) is 5.32 Å². The molecular weight excluding hydrogens is 428 g/mol. The molecule has 160 valence electrons. The summed E-state index contributed by atoms with van der Waals surface area (Å²) < 4.78 is 5.35. The maximum atomic E-state index is 12.5. The second-order valence-corrected chi connectivity index (χ2v) is 8.78. The fourth-order valence-corrected chi connectivity index (χ4v) is 4.48. The third-order valence-electron chi connectivity index (χ3n) is 5.48. The van der Waals surface area contributed by atoms with Crippen molar-refractivity contribution in [3.05, 3.63) is 75.4 Å². The van der Waals surface area contributed by atoms with Gasteiger partial charge >= 0.3 is 0 Å². The maximum Gasteiger partial charge on any atom is 0.261 e. The second kappa shape index (κ2) is 7.69. The Balaban J connectivity index is 1.26. The summed E-state index contributed by atoms with van der Waals surface area (Å²) in [7, 11) is 0. The van der Waals surface area contributed by atoms with Crippen molar-refractivity contribution >= 4 is 45.2 Å². The SMILES string of the molecule is Cc1cc2onc(CC(=O)Nc3ncc(CN4C(=O)c5ccccc5C4=O)s3)c2cc1C. The maximum absolute atomic E-state index is 12.5. The zero-order valence-corrected chi connectivity index (χ0v) is 18.2. The van der Waals surface area contributed by atoms with Crippen LogP contribution in [0.4, 0.5) is 5.13 Å². The molecule has 0 saturated carbocycles. The van der Waals surface area contributed by atoms with Crippen LogP contribution in [0.15, 0.2) is 47.1 Å². The summed E-state index contributed by atoms with van der Waals surface area (Å²) in [4.78, 5) is 43.7. The van der Waals surface area contributed by atoms with E-state index in [1.54, 1.807) is 30.5 Å². The molecule has 32 heavy (non-hydrogen) atoms. The number of anilines is 1. The lowest BCUT2D eigenvalue weighted by atomic mass is 10.1. The molecule has 8 nitrogen and oxygen atoms in total. The van der Waals surface area contributed by atoms with E-state index in [9.17, 15) is 14.4 Å². The Labute approximate surface area is 186 Å². The molecule has 2 aromatic heterocycles. The van der Waals surface area contributed by atoms with Gasteiger partial charge < -0.3 is 9.84 Å². The van der Waals surface area contributed by atoms with Gasteiger partial charge in [-0.1, -0.05) is 28.6 Å². The van der Waals surface area contributed by atoms with Crippen molar-refractivity contribution in [2.45, 2.75) is 26.8 Å². The summed E-state index contributed by atoms with van der Waals surface area (Å²) in [6.07, 6.45) is 1.60. The first-order valence-corrected chi connectivity index (χ1v) is 10.8. The van der Waals surface area contributed by atoms with Gasteiger partial charge in [-0.05, 0) is 49.2 Å². The molecule has 0 spiro atoms. The van der Waals surface area contributed by atoms with Gasteiger partial charge in [0, 0.05) is 16.5 Å². The first-order valence-electron chi connectivity index (χ1n) is 9.96. The molecule has 0 bridgehead atoms. The van der Waals surface area contributed by atoms with Crippen LogP contribution in [-0.4, -0.2) is 32.8 Å². The average molecular weight is 446 g/mol. The standard InChI is InChI=1S/C23H18N4O4S/c1-12-7-17-18(26-31-19(17)8-13(12)2)9-20(28)25-23-24-10-14(32-23)11-27-21(29)15-5-3-4-6-16(15)22(27)30/h3-8,10H,9,11H2,1-2H3,(H,24,25,28). The van der Waals surface area contributed by atoms with Gasteiger partial charge in [0.05, 0.1) is 24.1 Å². The summed E-state index contributed by atoms with van der Waals surface area (Å²) >= 11 is 1.22. The Morgan fingerprint density at radius 2 is 1.78 bits per heavy atom. The molecule has 2 aromatic carbocycles. The van der Waals surface area contributed by atoms with Crippen LogP contribution in [0.2, 0.25) is 0 Å². The van der Waals surface area contributed by atoms with E-state index in [1.165, 1.54) is 16.2 Å². The number of rotatable bonds is 5. The zero-order valence-electron chi connectivity index (χ0n) is 17.3. The van der Waals surface area contributed by atoms with Gasteiger partial charge in [0.1, 0.15) is 5.69 Å². The van der Waals surface area contributed by atoms with E-state index in [2.05, 4.69) is 15.5 Å². The van der Waals surface area contributed by atoms with Crippen molar-refractivity contribution in [3.63, 3.8) is 0 Å². The minimum atomic E-state index is -0.326. The molecule has 0 saturated heterocycles. The predicted octanol–water partition coefficient (Wildman–Crippen LogP) is 3.88. The summed E-state index contributed by atoms with van der Waals surface area (Å²) in [5.41, 5.74) is 4.21. The normalized spacial score (nSPS) is 13.1. The molecule has 9 heteroatoms. The van der Waals surface area contributed by atoms with Gasteiger partial charge in [0.2, 0.25) is 5.91 Å². The molecule has 0 unspecified atom stereocenters. The molecular formula is C23H18N4O4S. The quantitative estimate of drug-likeness (QED) is 0.467. The topological polar surface area (TPSA) is 105 Å². The van der Waals surface area contributed by atoms with E-state index in [0.717, 1.165) is 16.5 Å². The van der Waals surface area contributed by atoms with Crippen LogP contribution in [0.1, 0.15) is 42.4 Å². The third kappa shape index (κ3) is 3.46. The van der Waals surface area contributed by atoms with Crippen molar-refractivity contribution in [3.8, 4) is 0 Å².